The monoisotopic (exact) mass is 328 g/mol. The second-order valence-electron chi connectivity index (χ2n) is 7.82. The van der Waals surface area contributed by atoms with Crippen LogP contribution in [0.2, 0.25) is 0 Å². The molecule has 1 aromatic rings. The summed E-state index contributed by atoms with van der Waals surface area (Å²) < 4.78 is 5.72. The highest BCUT2D eigenvalue weighted by Crippen LogP contribution is 2.42. The molecule has 1 aromatic carbocycles. The van der Waals surface area contributed by atoms with E-state index in [0.717, 1.165) is 24.5 Å². The van der Waals surface area contributed by atoms with Gasteiger partial charge in [0, 0.05) is 18.7 Å². The molecule has 3 fully saturated rings. The van der Waals surface area contributed by atoms with Gasteiger partial charge in [0.1, 0.15) is 0 Å². The Hall–Kier alpha value is -1.39. The van der Waals surface area contributed by atoms with E-state index in [1.165, 1.54) is 45.3 Å². The number of amides is 1. The minimum atomic E-state index is 0.0332. The lowest BCUT2D eigenvalue weighted by atomic mass is 9.69. The van der Waals surface area contributed by atoms with Crippen molar-refractivity contribution in [2.75, 3.05) is 32.8 Å². The van der Waals surface area contributed by atoms with Crippen molar-refractivity contribution < 1.29 is 9.53 Å². The Morgan fingerprint density at radius 1 is 1.17 bits per heavy atom. The number of hydrogen-bond acceptors (Lipinski definition) is 3. The van der Waals surface area contributed by atoms with E-state index in [1.807, 2.05) is 30.3 Å². The quantitative estimate of drug-likeness (QED) is 0.924. The van der Waals surface area contributed by atoms with E-state index in [9.17, 15) is 4.79 Å². The molecular weight excluding hydrogens is 300 g/mol. The molecular formula is C20H28N2O2. The summed E-state index contributed by atoms with van der Waals surface area (Å²) in [7, 11) is 0. The highest BCUT2D eigenvalue weighted by atomic mass is 16.5. The maximum Gasteiger partial charge on any atom is 0.251 e. The first-order valence-electron chi connectivity index (χ1n) is 9.41. The third-order valence-electron chi connectivity index (χ3n) is 6.17. The average Bonchev–Trinajstić information content (AvgIpc) is 3.44. The number of rotatable bonds is 4. The largest absolute Gasteiger partial charge is 0.379 e. The molecule has 0 unspecified atom stereocenters. The van der Waals surface area contributed by atoms with Gasteiger partial charge >= 0.3 is 0 Å². The Bertz CT molecular complexity index is 562. The highest BCUT2D eigenvalue weighted by molar-refractivity contribution is 5.94. The van der Waals surface area contributed by atoms with Crippen LogP contribution in [0.3, 0.4) is 0 Å². The van der Waals surface area contributed by atoms with Gasteiger partial charge in [0.2, 0.25) is 0 Å². The standard InChI is InChI=1S/C20H28N2O2/c23-19(17-4-2-1-3-5-17)21-18-15-24-13-10-20(18)8-11-22(12-9-20)14-16-6-7-16/h1-5,16,18H,6-15H2,(H,21,23)/t18-/m1/s1. The molecule has 1 atom stereocenters. The van der Waals surface area contributed by atoms with Crippen LogP contribution < -0.4 is 5.32 Å². The molecule has 130 valence electrons. The number of likely N-dealkylation sites (tertiary alicyclic amines) is 1. The van der Waals surface area contributed by atoms with E-state index < -0.39 is 0 Å². The van der Waals surface area contributed by atoms with Crippen molar-refractivity contribution in [2.45, 2.75) is 38.1 Å². The average molecular weight is 328 g/mol. The van der Waals surface area contributed by atoms with E-state index >= 15 is 0 Å². The molecule has 4 rings (SSSR count). The topological polar surface area (TPSA) is 41.6 Å². The lowest BCUT2D eigenvalue weighted by Gasteiger charge is -2.49. The summed E-state index contributed by atoms with van der Waals surface area (Å²) in [5.41, 5.74) is 0.965. The molecule has 2 aliphatic heterocycles. The van der Waals surface area contributed by atoms with Gasteiger partial charge < -0.3 is 15.0 Å². The number of carbonyl (C=O) groups is 1. The number of benzene rings is 1. The smallest absolute Gasteiger partial charge is 0.251 e. The molecule has 1 saturated carbocycles. The van der Waals surface area contributed by atoms with Gasteiger partial charge in [0.15, 0.2) is 0 Å². The van der Waals surface area contributed by atoms with E-state index in [0.29, 0.717) is 6.61 Å². The summed E-state index contributed by atoms with van der Waals surface area (Å²) in [6, 6.07) is 9.67. The number of carbonyl (C=O) groups excluding carboxylic acids is 1. The maximum atomic E-state index is 12.6. The zero-order valence-electron chi connectivity index (χ0n) is 14.4. The van der Waals surface area contributed by atoms with Crippen molar-refractivity contribution in [3.8, 4) is 0 Å². The molecule has 1 N–H and O–H groups in total. The van der Waals surface area contributed by atoms with Crippen molar-refractivity contribution in [2.24, 2.45) is 11.3 Å². The van der Waals surface area contributed by atoms with Crippen LogP contribution in [0.25, 0.3) is 0 Å². The van der Waals surface area contributed by atoms with Crippen LogP contribution >= 0.6 is 0 Å². The van der Waals surface area contributed by atoms with Gasteiger partial charge in [-0.3, -0.25) is 4.79 Å². The molecule has 1 aliphatic carbocycles. The van der Waals surface area contributed by atoms with Crippen LogP contribution in [-0.2, 0) is 4.74 Å². The van der Waals surface area contributed by atoms with Crippen molar-refractivity contribution in [1.82, 2.24) is 10.2 Å². The summed E-state index contributed by atoms with van der Waals surface area (Å²) in [6.45, 7) is 5.12. The van der Waals surface area contributed by atoms with Gasteiger partial charge in [-0.1, -0.05) is 18.2 Å². The van der Waals surface area contributed by atoms with Crippen LogP contribution in [-0.4, -0.2) is 49.7 Å². The van der Waals surface area contributed by atoms with Crippen LogP contribution in [0.15, 0.2) is 30.3 Å². The Morgan fingerprint density at radius 3 is 2.62 bits per heavy atom. The number of hydrogen-bond donors (Lipinski definition) is 1. The molecule has 0 aromatic heterocycles. The van der Waals surface area contributed by atoms with Gasteiger partial charge in [-0.2, -0.15) is 0 Å². The Morgan fingerprint density at radius 2 is 1.92 bits per heavy atom. The highest BCUT2D eigenvalue weighted by Gasteiger charge is 2.44. The maximum absolute atomic E-state index is 12.6. The zero-order chi connectivity index (χ0) is 16.4. The van der Waals surface area contributed by atoms with Crippen molar-refractivity contribution in [3.05, 3.63) is 35.9 Å². The first kappa shape index (κ1) is 16.1. The lowest BCUT2D eigenvalue weighted by molar-refractivity contribution is -0.0484. The Labute approximate surface area is 144 Å². The van der Waals surface area contributed by atoms with E-state index in [2.05, 4.69) is 10.2 Å². The zero-order valence-corrected chi connectivity index (χ0v) is 14.4. The number of piperidine rings is 1. The third kappa shape index (κ3) is 3.50. The van der Waals surface area contributed by atoms with Gasteiger partial charge in [-0.05, 0) is 68.7 Å². The first-order chi connectivity index (χ1) is 11.8. The van der Waals surface area contributed by atoms with Gasteiger partial charge in [-0.25, -0.2) is 0 Å². The molecule has 3 aliphatic rings. The van der Waals surface area contributed by atoms with Crippen molar-refractivity contribution in [3.63, 3.8) is 0 Å². The fourth-order valence-electron chi connectivity index (χ4n) is 4.30. The van der Waals surface area contributed by atoms with Crippen molar-refractivity contribution >= 4 is 5.91 Å². The van der Waals surface area contributed by atoms with Crippen LogP contribution in [0.4, 0.5) is 0 Å². The SMILES string of the molecule is O=C(N[C@@H]1COCCC12CCN(CC1CC1)CC2)c1ccccc1. The normalized spacial score (nSPS) is 27.1. The fourth-order valence-corrected chi connectivity index (χ4v) is 4.30. The molecule has 0 radical (unpaired) electrons. The van der Waals surface area contributed by atoms with Gasteiger partial charge in [0.05, 0.1) is 12.6 Å². The predicted octanol–water partition coefficient (Wildman–Crippen LogP) is 2.70. The van der Waals surface area contributed by atoms with Crippen LogP contribution in [0.5, 0.6) is 0 Å². The molecule has 1 spiro atoms. The Balaban J connectivity index is 1.40. The summed E-state index contributed by atoms with van der Waals surface area (Å²) in [6.07, 6.45) is 6.28. The lowest BCUT2D eigenvalue weighted by Crippen LogP contribution is -2.57. The van der Waals surface area contributed by atoms with E-state index in [4.69, 9.17) is 4.74 Å². The van der Waals surface area contributed by atoms with Crippen molar-refractivity contribution in [1.29, 1.82) is 0 Å². The van der Waals surface area contributed by atoms with Crippen LogP contribution in [0, 0.1) is 11.3 Å². The van der Waals surface area contributed by atoms with Gasteiger partial charge in [-0.15, -0.1) is 0 Å². The number of ether oxygens (including phenoxy) is 1. The summed E-state index contributed by atoms with van der Waals surface area (Å²) >= 11 is 0. The molecule has 1 amide bonds. The number of nitrogens with one attached hydrogen (secondary N) is 1. The van der Waals surface area contributed by atoms with Gasteiger partial charge in [0.25, 0.3) is 5.91 Å². The van der Waals surface area contributed by atoms with E-state index in [-0.39, 0.29) is 17.4 Å². The third-order valence-corrected chi connectivity index (χ3v) is 6.17. The molecule has 2 saturated heterocycles. The molecule has 0 bridgehead atoms. The minimum Gasteiger partial charge on any atom is -0.379 e. The molecule has 2 heterocycles. The second-order valence-corrected chi connectivity index (χ2v) is 7.82. The first-order valence-corrected chi connectivity index (χ1v) is 9.41. The predicted molar refractivity (Wildman–Crippen MR) is 94.0 cm³/mol. The summed E-state index contributed by atoms with van der Waals surface area (Å²) in [5, 5.41) is 3.28. The second kappa shape index (κ2) is 6.85. The molecule has 4 nitrogen and oxygen atoms in total. The molecule has 24 heavy (non-hydrogen) atoms. The number of nitrogens with zero attached hydrogens (tertiary/aromatic N) is 1. The van der Waals surface area contributed by atoms with Crippen LogP contribution in [0.1, 0.15) is 42.5 Å². The minimum absolute atomic E-state index is 0.0332. The fraction of sp³-hybridized carbons (Fsp3) is 0.650. The summed E-state index contributed by atoms with van der Waals surface area (Å²) in [4.78, 5) is 15.2. The molecule has 4 heteroatoms. The summed E-state index contributed by atoms with van der Waals surface area (Å²) in [5.74, 6) is 0.994. The van der Waals surface area contributed by atoms with E-state index in [1.54, 1.807) is 0 Å². The Kier molecular flexibility index (Phi) is 4.59.